The Morgan fingerprint density at radius 2 is 2.12 bits per heavy atom. The molecule has 0 spiro atoms. The maximum atomic E-state index is 12.2. The van der Waals surface area contributed by atoms with Crippen LogP contribution in [0.3, 0.4) is 0 Å². The first kappa shape index (κ1) is 18.5. The van der Waals surface area contributed by atoms with Crippen LogP contribution >= 0.6 is 11.6 Å². The Morgan fingerprint density at radius 1 is 1.32 bits per heavy atom. The highest BCUT2D eigenvalue weighted by Crippen LogP contribution is 2.44. The van der Waals surface area contributed by atoms with Gasteiger partial charge < -0.3 is 5.32 Å². The topological polar surface area (TPSA) is 66.5 Å². The molecular formula is C18H25ClN2O3S. The van der Waals surface area contributed by atoms with E-state index in [2.05, 4.69) is 5.32 Å². The number of rotatable bonds is 7. The minimum absolute atomic E-state index is 0.0251. The summed E-state index contributed by atoms with van der Waals surface area (Å²) in [4.78, 5) is 12.2. The van der Waals surface area contributed by atoms with Crippen LogP contribution in [-0.4, -0.2) is 33.2 Å². The molecule has 1 amide bonds. The van der Waals surface area contributed by atoms with Crippen molar-refractivity contribution in [2.45, 2.75) is 44.6 Å². The molecule has 0 radical (unpaired) electrons. The monoisotopic (exact) mass is 384 g/mol. The molecule has 3 rings (SSSR count). The normalized spacial score (nSPS) is 25.1. The first-order chi connectivity index (χ1) is 11.8. The van der Waals surface area contributed by atoms with Crippen LogP contribution in [0.15, 0.2) is 24.3 Å². The lowest BCUT2D eigenvalue weighted by atomic mass is 9.95. The summed E-state index contributed by atoms with van der Waals surface area (Å²) >= 11 is 5.96. The molecule has 1 aromatic rings. The molecule has 25 heavy (non-hydrogen) atoms. The van der Waals surface area contributed by atoms with E-state index in [1.807, 2.05) is 0 Å². The zero-order chi connectivity index (χ0) is 18.0. The van der Waals surface area contributed by atoms with E-state index in [-0.39, 0.29) is 12.5 Å². The minimum Gasteiger partial charge on any atom is -0.353 e. The standard InChI is InChI=1S/C18H25ClN2O3S/c1-25(23,24)21(16-5-2-4-15(19)12-16)9-3-6-18(22)20-17-11-13-7-8-14(17)10-13/h2,4-5,12-14,17H,3,6-11H2,1H3,(H,20,22)/t13-,14-,17-/m0/s1. The lowest BCUT2D eigenvalue weighted by Crippen LogP contribution is -2.39. The number of anilines is 1. The van der Waals surface area contributed by atoms with Crippen molar-refractivity contribution in [1.82, 2.24) is 5.32 Å². The van der Waals surface area contributed by atoms with Crippen LogP contribution in [0.5, 0.6) is 0 Å². The summed E-state index contributed by atoms with van der Waals surface area (Å²) in [6.07, 6.45) is 6.87. The molecular weight excluding hydrogens is 360 g/mol. The molecule has 0 aliphatic heterocycles. The van der Waals surface area contributed by atoms with Gasteiger partial charge in [0, 0.05) is 24.0 Å². The molecule has 0 heterocycles. The van der Waals surface area contributed by atoms with Crippen LogP contribution in [0.1, 0.15) is 38.5 Å². The zero-order valence-electron chi connectivity index (χ0n) is 14.4. The SMILES string of the molecule is CS(=O)(=O)N(CCCC(=O)N[C@H]1C[C@H]2CC[C@H]1C2)c1cccc(Cl)c1. The van der Waals surface area contributed by atoms with Gasteiger partial charge in [0.2, 0.25) is 15.9 Å². The number of fused-ring (bicyclic) bond motifs is 2. The van der Waals surface area contributed by atoms with Gasteiger partial charge in [-0.3, -0.25) is 9.10 Å². The number of carbonyl (C=O) groups excluding carboxylic acids is 1. The first-order valence-electron chi connectivity index (χ1n) is 8.85. The van der Waals surface area contributed by atoms with Crippen molar-refractivity contribution in [3.63, 3.8) is 0 Å². The number of amides is 1. The summed E-state index contributed by atoms with van der Waals surface area (Å²) in [6, 6.07) is 7.08. The van der Waals surface area contributed by atoms with Crippen LogP contribution in [0.4, 0.5) is 5.69 Å². The number of nitrogens with zero attached hydrogens (tertiary/aromatic N) is 1. The van der Waals surface area contributed by atoms with E-state index in [0.29, 0.717) is 35.5 Å². The quantitative estimate of drug-likeness (QED) is 0.785. The summed E-state index contributed by atoms with van der Waals surface area (Å²) in [5.41, 5.74) is 0.531. The molecule has 0 unspecified atom stereocenters. The van der Waals surface area contributed by atoms with E-state index in [4.69, 9.17) is 11.6 Å². The van der Waals surface area contributed by atoms with Crippen molar-refractivity contribution in [2.24, 2.45) is 11.8 Å². The molecule has 0 aromatic heterocycles. The van der Waals surface area contributed by atoms with Crippen molar-refractivity contribution in [3.8, 4) is 0 Å². The molecule has 138 valence electrons. The lowest BCUT2D eigenvalue weighted by molar-refractivity contribution is -0.122. The van der Waals surface area contributed by atoms with Gasteiger partial charge in [-0.05, 0) is 55.7 Å². The lowest BCUT2D eigenvalue weighted by Gasteiger charge is -2.24. The van der Waals surface area contributed by atoms with Gasteiger partial charge >= 0.3 is 0 Å². The van der Waals surface area contributed by atoms with Crippen LogP contribution < -0.4 is 9.62 Å². The van der Waals surface area contributed by atoms with Crippen LogP contribution in [0.25, 0.3) is 0 Å². The van der Waals surface area contributed by atoms with Gasteiger partial charge in [-0.15, -0.1) is 0 Å². The third-order valence-corrected chi connectivity index (χ3v) is 6.78. The second-order valence-electron chi connectivity index (χ2n) is 7.27. The fourth-order valence-corrected chi connectivity index (χ4v) is 5.34. The van der Waals surface area contributed by atoms with Crippen molar-refractivity contribution < 1.29 is 13.2 Å². The number of sulfonamides is 1. The fraction of sp³-hybridized carbons (Fsp3) is 0.611. The highest BCUT2D eigenvalue weighted by molar-refractivity contribution is 7.92. The highest BCUT2D eigenvalue weighted by Gasteiger charge is 2.39. The maximum absolute atomic E-state index is 12.2. The summed E-state index contributed by atoms with van der Waals surface area (Å²) in [5.74, 6) is 1.46. The van der Waals surface area contributed by atoms with Gasteiger partial charge in [0.05, 0.1) is 11.9 Å². The molecule has 2 aliphatic rings. The first-order valence-corrected chi connectivity index (χ1v) is 11.1. The second kappa shape index (κ2) is 7.54. The van der Waals surface area contributed by atoms with E-state index in [1.165, 1.54) is 29.8 Å². The van der Waals surface area contributed by atoms with Crippen LogP contribution in [0.2, 0.25) is 5.02 Å². The average molecular weight is 385 g/mol. The third-order valence-electron chi connectivity index (χ3n) is 5.35. The number of hydrogen-bond donors (Lipinski definition) is 1. The van der Waals surface area contributed by atoms with E-state index in [0.717, 1.165) is 12.3 Å². The van der Waals surface area contributed by atoms with E-state index in [1.54, 1.807) is 24.3 Å². The predicted molar refractivity (Wildman–Crippen MR) is 100 cm³/mol. The molecule has 3 atom stereocenters. The summed E-state index contributed by atoms with van der Waals surface area (Å²) in [5, 5.41) is 3.63. The van der Waals surface area contributed by atoms with Crippen LogP contribution in [0, 0.1) is 11.8 Å². The smallest absolute Gasteiger partial charge is 0.232 e. The Kier molecular flexibility index (Phi) is 5.58. The predicted octanol–water partition coefficient (Wildman–Crippen LogP) is 3.19. The van der Waals surface area contributed by atoms with Crippen molar-refractivity contribution >= 4 is 33.2 Å². The molecule has 1 N–H and O–H groups in total. The molecule has 7 heteroatoms. The Morgan fingerprint density at radius 3 is 2.72 bits per heavy atom. The van der Waals surface area contributed by atoms with Gasteiger partial charge in [-0.1, -0.05) is 24.1 Å². The van der Waals surface area contributed by atoms with Gasteiger partial charge in [0.1, 0.15) is 0 Å². The maximum Gasteiger partial charge on any atom is 0.232 e. The Balaban J connectivity index is 1.52. The van der Waals surface area contributed by atoms with Gasteiger partial charge in [-0.25, -0.2) is 8.42 Å². The fourth-order valence-electron chi connectivity index (χ4n) is 4.20. The molecule has 2 saturated carbocycles. The second-order valence-corrected chi connectivity index (χ2v) is 9.61. The zero-order valence-corrected chi connectivity index (χ0v) is 16.0. The van der Waals surface area contributed by atoms with E-state index >= 15 is 0 Å². The number of halogens is 1. The van der Waals surface area contributed by atoms with Gasteiger partial charge in [-0.2, -0.15) is 0 Å². The Labute approximate surface area is 154 Å². The van der Waals surface area contributed by atoms with Gasteiger partial charge in [0.25, 0.3) is 0 Å². The molecule has 2 fully saturated rings. The Bertz CT molecular complexity index is 738. The van der Waals surface area contributed by atoms with Crippen molar-refractivity contribution in [3.05, 3.63) is 29.3 Å². The summed E-state index contributed by atoms with van der Waals surface area (Å²) < 4.78 is 25.4. The highest BCUT2D eigenvalue weighted by atomic mass is 35.5. The third kappa shape index (κ3) is 4.67. The number of hydrogen-bond acceptors (Lipinski definition) is 3. The molecule has 1 aromatic carbocycles. The molecule has 5 nitrogen and oxygen atoms in total. The number of benzene rings is 1. The minimum atomic E-state index is -3.42. The Hall–Kier alpha value is -1.27. The van der Waals surface area contributed by atoms with E-state index < -0.39 is 10.0 Å². The largest absolute Gasteiger partial charge is 0.353 e. The number of nitrogens with one attached hydrogen (secondary N) is 1. The van der Waals surface area contributed by atoms with Crippen LogP contribution in [-0.2, 0) is 14.8 Å². The van der Waals surface area contributed by atoms with E-state index in [9.17, 15) is 13.2 Å². The molecule has 2 bridgehead atoms. The van der Waals surface area contributed by atoms with Crippen molar-refractivity contribution in [2.75, 3.05) is 17.1 Å². The number of carbonyl (C=O) groups is 1. The van der Waals surface area contributed by atoms with Crippen molar-refractivity contribution in [1.29, 1.82) is 0 Å². The molecule has 2 aliphatic carbocycles. The van der Waals surface area contributed by atoms with Gasteiger partial charge in [0.15, 0.2) is 0 Å². The molecule has 0 saturated heterocycles. The summed E-state index contributed by atoms with van der Waals surface area (Å²) in [7, 11) is -3.42. The summed E-state index contributed by atoms with van der Waals surface area (Å²) in [6.45, 7) is 0.267. The average Bonchev–Trinajstić information content (AvgIpc) is 3.13.